The van der Waals surface area contributed by atoms with E-state index >= 15 is 0 Å². The number of nitrogens with one attached hydrogen (secondary N) is 1. The van der Waals surface area contributed by atoms with Crippen LogP contribution in [-0.4, -0.2) is 33.9 Å². The molecule has 4 heterocycles. The maximum absolute atomic E-state index is 12.7. The first-order valence-corrected chi connectivity index (χ1v) is 9.47. The Labute approximate surface area is 167 Å². The fraction of sp³-hybridized carbons (Fsp3) is 0.182. The minimum Gasteiger partial charge on any atom is -0.444 e. The van der Waals surface area contributed by atoms with Crippen molar-refractivity contribution < 1.29 is 9.21 Å². The van der Waals surface area contributed by atoms with Gasteiger partial charge in [0.1, 0.15) is 11.6 Å². The highest BCUT2D eigenvalue weighted by molar-refractivity contribution is 6.05. The largest absolute Gasteiger partial charge is 0.444 e. The molecule has 1 aliphatic heterocycles. The zero-order chi connectivity index (χ0) is 19.8. The Balaban J connectivity index is 1.38. The van der Waals surface area contributed by atoms with Gasteiger partial charge in [0.2, 0.25) is 0 Å². The third-order valence-corrected chi connectivity index (χ3v) is 5.08. The maximum Gasteiger partial charge on any atom is 0.257 e. The van der Waals surface area contributed by atoms with Crippen molar-refractivity contribution in [2.24, 2.45) is 5.92 Å². The molecule has 0 atom stereocenters. The lowest BCUT2D eigenvalue weighted by atomic mass is 10.0. The maximum atomic E-state index is 12.7. The number of anilines is 2. The van der Waals surface area contributed by atoms with Gasteiger partial charge >= 0.3 is 0 Å². The van der Waals surface area contributed by atoms with E-state index in [4.69, 9.17) is 4.42 Å². The lowest BCUT2D eigenvalue weighted by Crippen LogP contribution is -2.45. The molecule has 4 aromatic rings. The van der Waals surface area contributed by atoms with Crippen molar-refractivity contribution >= 4 is 28.3 Å². The van der Waals surface area contributed by atoms with Crippen LogP contribution in [0.25, 0.3) is 22.1 Å². The summed E-state index contributed by atoms with van der Waals surface area (Å²) in [6.45, 7) is 4.14. The van der Waals surface area contributed by atoms with Crippen molar-refractivity contribution in [3.63, 3.8) is 0 Å². The summed E-state index contributed by atoms with van der Waals surface area (Å²) in [6.07, 6.45) is 6.49. The highest BCUT2D eigenvalue weighted by atomic mass is 16.3. The van der Waals surface area contributed by atoms with E-state index in [1.54, 1.807) is 24.7 Å². The fourth-order valence-corrected chi connectivity index (χ4v) is 3.53. The van der Waals surface area contributed by atoms with E-state index in [9.17, 15) is 4.79 Å². The fourth-order valence-electron chi connectivity index (χ4n) is 3.53. The molecule has 7 heteroatoms. The molecule has 0 radical (unpaired) electrons. The molecule has 0 spiro atoms. The molecular weight excluding hydrogens is 366 g/mol. The number of benzene rings is 1. The van der Waals surface area contributed by atoms with E-state index in [2.05, 4.69) is 32.1 Å². The van der Waals surface area contributed by atoms with Crippen molar-refractivity contribution in [1.82, 2.24) is 15.0 Å². The van der Waals surface area contributed by atoms with Crippen molar-refractivity contribution in [1.29, 1.82) is 0 Å². The Morgan fingerprint density at radius 2 is 2.00 bits per heavy atom. The molecule has 29 heavy (non-hydrogen) atoms. The van der Waals surface area contributed by atoms with Crippen LogP contribution in [0.5, 0.6) is 0 Å². The van der Waals surface area contributed by atoms with Crippen LogP contribution in [0.15, 0.2) is 65.8 Å². The normalized spacial score (nSPS) is 14.0. The van der Waals surface area contributed by atoms with E-state index in [-0.39, 0.29) is 5.91 Å². The summed E-state index contributed by atoms with van der Waals surface area (Å²) in [7, 11) is 0. The van der Waals surface area contributed by atoms with Crippen LogP contribution < -0.4 is 10.2 Å². The molecule has 0 bridgehead atoms. The predicted octanol–water partition coefficient (Wildman–Crippen LogP) is 3.99. The van der Waals surface area contributed by atoms with Crippen molar-refractivity contribution in [3.8, 4) is 11.3 Å². The Hall–Kier alpha value is -3.74. The Morgan fingerprint density at radius 3 is 2.79 bits per heavy atom. The molecule has 1 aliphatic rings. The SMILES string of the molecule is CC1CN(c2cc(C(=O)Nc3cc4cc(-c5cnco5)ccc4cn3)ccn2)C1. The van der Waals surface area contributed by atoms with Gasteiger partial charge in [0.15, 0.2) is 12.2 Å². The summed E-state index contributed by atoms with van der Waals surface area (Å²) in [4.78, 5) is 27.6. The number of carbonyl (C=O) groups excluding carboxylic acids is 1. The molecule has 0 aliphatic carbocycles. The summed E-state index contributed by atoms with van der Waals surface area (Å²) in [5, 5.41) is 4.81. The Morgan fingerprint density at radius 1 is 1.10 bits per heavy atom. The molecule has 1 saturated heterocycles. The van der Waals surface area contributed by atoms with Gasteiger partial charge < -0.3 is 14.6 Å². The van der Waals surface area contributed by atoms with Gasteiger partial charge in [0.05, 0.1) is 6.20 Å². The monoisotopic (exact) mass is 385 g/mol. The summed E-state index contributed by atoms with van der Waals surface area (Å²) in [5.41, 5.74) is 1.48. The highest BCUT2D eigenvalue weighted by Gasteiger charge is 2.24. The number of oxazole rings is 1. The minimum absolute atomic E-state index is 0.208. The first kappa shape index (κ1) is 17.4. The lowest BCUT2D eigenvalue weighted by Gasteiger charge is -2.38. The molecular formula is C22H19N5O2. The summed E-state index contributed by atoms with van der Waals surface area (Å²) in [6, 6.07) is 11.3. The number of nitrogens with zero attached hydrogens (tertiary/aromatic N) is 4. The quantitative estimate of drug-likeness (QED) is 0.572. The Bertz CT molecular complexity index is 1180. The van der Waals surface area contributed by atoms with Crippen LogP contribution in [-0.2, 0) is 0 Å². The van der Waals surface area contributed by atoms with Crippen LogP contribution >= 0.6 is 0 Å². The Kier molecular flexibility index (Phi) is 4.20. The van der Waals surface area contributed by atoms with Crippen LogP contribution in [0.2, 0.25) is 0 Å². The van der Waals surface area contributed by atoms with Gasteiger partial charge in [-0.15, -0.1) is 0 Å². The first-order valence-electron chi connectivity index (χ1n) is 9.47. The predicted molar refractivity (Wildman–Crippen MR) is 111 cm³/mol. The molecule has 1 aromatic carbocycles. The number of rotatable bonds is 4. The second-order valence-corrected chi connectivity index (χ2v) is 7.36. The molecule has 1 N–H and O–H groups in total. The van der Waals surface area contributed by atoms with Crippen LogP contribution in [0, 0.1) is 5.92 Å². The van der Waals surface area contributed by atoms with Crippen molar-refractivity contribution in [2.75, 3.05) is 23.3 Å². The van der Waals surface area contributed by atoms with Gasteiger partial charge in [-0.3, -0.25) is 4.79 Å². The zero-order valence-electron chi connectivity index (χ0n) is 15.9. The molecule has 7 nitrogen and oxygen atoms in total. The number of amides is 1. The van der Waals surface area contributed by atoms with Gasteiger partial charge in [-0.05, 0) is 35.6 Å². The topological polar surface area (TPSA) is 84.2 Å². The van der Waals surface area contributed by atoms with Gasteiger partial charge in [-0.1, -0.05) is 19.1 Å². The standard InChI is InChI=1S/C22H19N5O2/c1-14-11-27(12-14)21-8-16(4-5-24-21)22(28)26-20-7-18-6-15(19-10-23-13-29-19)2-3-17(18)9-25-20/h2-10,13-14H,11-12H2,1H3,(H,25,26,28). The third kappa shape index (κ3) is 3.42. The van der Waals surface area contributed by atoms with E-state index in [1.807, 2.05) is 30.3 Å². The van der Waals surface area contributed by atoms with Crippen molar-refractivity contribution in [2.45, 2.75) is 6.92 Å². The van der Waals surface area contributed by atoms with Gasteiger partial charge in [0, 0.05) is 42.0 Å². The van der Waals surface area contributed by atoms with E-state index in [1.165, 1.54) is 6.39 Å². The minimum atomic E-state index is -0.208. The van der Waals surface area contributed by atoms with Crippen molar-refractivity contribution in [3.05, 3.63) is 66.9 Å². The van der Waals surface area contributed by atoms with Gasteiger partial charge in [-0.25, -0.2) is 15.0 Å². The third-order valence-electron chi connectivity index (χ3n) is 5.08. The second kappa shape index (κ2) is 7.01. The zero-order valence-corrected chi connectivity index (χ0v) is 15.9. The number of hydrogen-bond acceptors (Lipinski definition) is 6. The van der Waals surface area contributed by atoms with Gasteiger partial charge in [0.25, 0.3) is 5.91 Å². The lowest BCUT2D eigenvalue weighted by molar-refractivity contribution is 0.102. The summed E-state index contributed by atoms with van der Waals surface area (Å²) >= 11 is 0. The van der Waals surface area contributed by atoms with Crippen LogP contribution in [0.4, 0.5) is 11.6 Å². The van der Waals surface area contributed by atoms with Crippen LogP contribution in [0.1, 0.15) is 17.3 Å². The smallest absolute Gasteiger partial charge is 0.257 e. The molecule has 3 aromatic heterocycles. The van der Waals surface area contributed by atoms with E-state index in [0.717, 1.165) is 35.2 Å². The number of pyridine rings is 2. The average Bonchev–Trinajstić information content (AvgIpc) is 3.26. The molecule has 1 fully saturated rings. The highest BCUT2D eigenvalue weighted by Crippen LogP contribution is 2.26. The number of carbonyl (C=O) groups is 1. The van der Waals surface area contributed by atoms with Crippen LogP contribution in [0.3, 0.4) is 0 Å². The second-order valence-electron chi connectivity index (χ2n) is 7.36. The summed E-state index contributed by atoms with van der Waals surface area (Å²) < 4.78 is 5.37. The number of hydrogen-bond donors (Lipinski definition) is 1. The number of fused-ring (bicyclic) bond motifs is 1. The average molecular weight is 385 g/mol. The molecule has 5 rings (SSSR count). The molecule has 0 unspecified atom stereocenters. The first-order chi connectivity index (χ1) is 14.2. The van der Waals surface area contributed by atoms with E-state index < -0.39 is 0 Å². The molecule has 144 valence electrons. The molecule has 1 amide bonds. The number of aromatic nitrogens is 3. The molecule has 0 saturated carbocycles. The van der Waals surface area contributed by atoms with Gasteiger partial charge in [-0.2, -0.15) is 0 Å². The summed E-state index contributed by atoms with van der Waals surface area (Å²) in [5.74, 6) is 2.48. The van der Waals surface area contributed by atoms with E-state index in [0.29, 0.717) is 23.1 Å².